The lowest BCUT2D eigenvalue weighted by molar-refractivity contribution is 0.466. The highest BCUT2D eigenvalue weighted by Gasteiger charge is 2.14. The molecule has 0 fully saturated rings. The van der Waals surface area contributed by atoms with Crippen molar-refractivity contribution in [1.29, 1.82) is 0 Å². The summed E-state index contributed by atoms with van der Waals surface area (Å²) in [6.45, 7) is 4.18. The quantitative estimate of drug-likeness (QED) is 0.789. The van der Waals surface area contributed by atoms with Crippen LogP contribution in [-0.2, 0) is 12.8 Å². The maximum atomic E-state index is 5.73. The van der Waals surface area contributed by atoms with Crippen molar-refractivity contribution in [3.8, 4) is 0 Å². The summed E-state index contributed by atoms with van der Waals surface area (Å²) in [6, 6.07) is 8.12. The van der Waals surface area contributed by atoms with Crippen molar-refractivity contribution >= 4 is 15.9 Å². The lowest BCUT2D eigenvalue weighted by Crippen LogP contribution is -1.99. The average Bonchev–Trinajstić information content (AvgIpc) is 2.81. The highest BCUT2D eigenvalue weighted by Crippen LogP contribution is 2.28. The maximum Gasteiger partial charge on any atom is 0.118 e. The minimum atomic E-state index is 0.191. The predicted octanol–water partition coefficient (Wildman–Crippen LogP) is 4.22. The van der Waals surface area contributed by atoms with Crippen LogP contribution in [-0.4, -0.2) is 4.98 Å². The van der Waals surface area contributed by atoms with E-state index < -0.39 is 0 Å². The van der Waals surface area contributed by atoms with E-state index in [1.54, 1.807) is 0 Å². The number of furan rings is 1. The standard InChI is InChI=1S/C14H16BrNO/c1-3-11-6-7-14(17-11)12(15)9-13-10(2)5-4-8-16-13/h4-8,12H,3,9H2,1-2H3. The Morgan fingerprint density at radius 2 is 2.18 bits per heavy atom. The van der Waals surface area contributed by atoms with Crippen LogP contribution in [0, 0.1) is 6.92 Å². The summed E-state index contributed by atoms with van der Waals surface area (Å²) in [5.41, 5.74) is 2.34. The Labute approximate surface area is 110 Å². The van der Waals surface area contributed by atoms with Gasteiger partial charge in [-0.05, 0) is 30.7 Å². The van der Waals surface area contributed by atoms with Crippen LogP contribution in [0.1, 0.15) is 34.5 Å². The van der Waals surface area contributed by atoms with Crippen molar-refractivity contribution in [2.24, 2.45) is 0 Å². The van der Waals surface area contributed by atoms with Crippen LogP contribution < -0.4 is 0 Å². The smallest absolute Gasteiger partial charge is 0.118 e. The number of alkyl halides is 1. The molecule has 2 rings (SSSR count). The topological polar surface area (TPSA) is 26.0 Å². The number of hydrogen-bond acceptors (Lipinski definition) is 2. The molecule has 0 aliphatic carbocycles. The molecule has 0 aliphatic rings. The average molecular weight is 294 g/mol. The van der Waals surface area contributed by atoms with E-state index in [1.807, 2.05) is 24.4 Å². The Morgan fingerprint density at radius 1 is 1.35 bits per heavy atom. The van der Waals surface area contributed by atoms with E-state index in [4.69, 9.17) is 4.42 Å². The second-order valence-corrected chi connectivity index (χ2v) is 5.20. The molecule has 3 heteroatoms. The Balaban J connectivity index is 2.11. The van der Waals surface area contributed by atoms with Crippen molar-refractivity contribution in [3.63, 3.8) is 0 Å². The number of aromatic nitrogens is 1. The number of rotatable bonds is 4. The summed E-state index contributed by atoms with van der Waals surface area (Å²) in [5.74, 6) is 2.01. The predicted molar refractivity (Wildman–Crippen MR) is 72.4 cm³/mol. The first-order valence-corrected chi connectivity index (χ1v) is 6.75. The molecule has 1 atom stereocenters. The highest BCUT2D eigenvalue weighted by molar-refractivity contribution is 9.09. The number of hydrogen-bond donors (Lipinski definition) is 0. The lowest BCUT2D eigenvalue weighted by Gasteiger charge is -2.08. The number of halogens is 1. The first-order valence-electron chi connectivity index (χ1n) is 5.84. The minimum Gasteiger partial charge on any atom is -0.465 e. The van der Waals surface area contributed by atoms with Crippen LogP contribution >= 0.6 is 15.9 Å². The third kappa shape index (κ3) is 2.97. The van der Waals surface area contributed by atoms with E-state index in [9.17, 15) is 0 Å². The Bertz CT molecular complexity index is 492. The van der Waals surface area contributed by atoms with Gasteiger partial charge in [-0.3, -0.25) is 4.98 Å². The highest BCUT2D eigenvalue weighted by atomic mass is 79.9. The second-order valence-electron chi connectivity index (χ2n) is 4.10. The Kier molecular flexibility index (Phi) is 4.00. The second kappa shape index (κ2) is 5.50. The van der Waals surface area contributed by atoms with E-state index in [1.165, 1.54) is 5.56 Å². The van der Waals surface area contributed by atoms with E-state index in [-0.39, 0.29) is 4.83 Å². The van der Waals surface area contributed by atoms with Crippen molar-refractivity contribution in [3.05, 3.63) is 53.2 Å². The molecule has 2 heterocycles. The molecule has 0 saturated heterocycles. The van der Waals surface area contributed by atoms with Gasteiger partial charge in [-0.25, -0.2) is 0 Å². The van der Waals surface area contributed by atoms with E-state index >= 15 is 0 Å². The summed E-state index contributed by atoms with van der Waals surface area (Å²) in [5, 5.41) is 0. The molecule has 90 valence electrons. The zero-order valence-electron chi connectivity index (χ0n) is 10.1. The molecule has 2 aromatic heterocycles. The van der Waals surface area contributed by atoms with E-state index in [0.29, 0.717) is 0 Å². The zero-order chi connectivity index (χ0) is 12.3. The fraction of sp³-hybridized carbons (Fsp3) is 0.357. The normalized spacial score (nSPS) is 12.6. The first kappa shape index (κ1) is 12.4. The van der Waals surface area contributed by atoms with Crippen LogP contribution in [0.3, 0.4) is 0 Å². The molecule has 17 heavy (non-hydrogen) atoms. The molecule has 0 saturated carbocycles. The molecule has 0 bridgehead atoms. The van der Waals surface area contributed by atoms with Crippen LogP contribution in [0.25, 0.3) is 0 Å². The zero-order valence-corrected chi connectivity index (χ0v) is 11.7. The SMILES string of the molecule is CCc1ccc(C(Br)Cc2ncccc2C)o1. The summed E-state index contributed by atoms with van der Waals surface area (Å²) in [7, 11) is 0. The number of nitrogens with zero attached hydrogens (tertiary/aromatic N) is 1. The molecular weight excluding hydrogens is 278 g/mol. The molecule has 0 amide bonds. The molecule has 0 aromatic carbocycles. The van der Waals surface area contributed by atoms with Gasteiger partial charge in [-0.2, -0.15) is 0 Å². The van der Waals surface area contributed by atoms with Gasteiger partial charge in [-0.15, -0.1) is 0 Å². The molecule has 0 N–H and O–H groups in total. The fourth-order valence-corrected chi connectivity index (χ4v) is 2.31. The molecular formula is C14H16BrNO. The third-order valence-electron chi connectivity index (χ3n) is 2.83. The largest absolute Gasteiger partial charge is 0.465 e. The van der Waals surface area contributed by atoms with Gasteiger partial charge in [0.1, 0.15) is 11.5 Å². The molecule has 0 aliphatic heterocycles. The molecule has 2 nitrogen and oxygen atoms in total. The van der Waals surface area contributed by atoms with Crippen LogP contribution in [0.4, 0.5) is 0 Å². The van der Waals surface area contributed by atoms with Gasteiger partial charge >= 0.3 is 0 Å². The van der Waals surface area contributed by atoms with Crippen LogP contribution in [0.5, 0.6) is 0 Å². The monoisotopic (exact) mass is 293 g/mol. The molecule has 1 unspecified atom stereocenters. The first-order chi connectivity index (χ1) is 8.20. The van der Waals surface area contributed by atoms with E-state index in [0.717, 1.165) is 30.1 Å². The van der Waals surface area contributed by atoms with Gasteiger partial charge in [0.2, 0.25) is 0 Å². The van der Waals surface area contributed by atoms with E-state index in [2.05, 4.69) is 40.8 Å². The van der Waals surface area contributed by atoms with Gasteiger partial charge in [0.15, 0.2) is 0 Å². The number of aryl methyl sites for hydroxylation is 2. The van der Waals surface area contributed by atoms with Crippen LogP contribution in [0.2, 0.25) is 0 Å². The summed E-state index contributed by atoms with van der Waals surface area (Å²) >= 11 is 3.67. The van der Waals surface area contributed by atoms with Gasteiger partial charge in [0.25, 0.3) is 0 Å². The Hall–Kier alpha value is -1.09. The lowest BCUT2D eigenvalue weighted by atomic mass is 10.1. The summed E-state index contributed by atoms with van der Waals surface area (Å²) in [6.07, 6.45) is 3.62. The van der Waals surface area contributed by atoms with Gasteiger partial charge in [-0.1, -0.05) is 28.9 Å². The summed E-state index contributed by atoms with van der Waals surface area (Å²) < 4.78 is 5.73. The summed E-state index contributed by atoms with van der Waals surface area (Å²) in [4.78, 5) is 4.59. The van der Waals surface area contributed by atoms with Crippen molar-refractivity contribution in [1.82, 2.24) is 4.98 Å². The molecule has 2 aromatic rings. The minimum absolute atomic E-state index is 0.191. The third-order valence-corrected chi connectivity index (χ3v) is 3.61. The Morgan fingerprint density at radius 3 is 2.82 bits per heavy atom. The maximum absolute atomic E-state index is 5.73. The van der Waals surface area contributed by atoms with Gasteiger partial charge in [0.05, 0.1) is 4.83 Å². The molecule has 0 spiro atoms. The van der Waals surface area contributed by atoms with Crippen molar-refractivity contribution in [2.75, 3.05) is 0 Å². The molecule has 0 radical (unpaired) electrons. The van der Waals surface area contributed by atoms with Crippen LogP contribution in [0.15, 0.2) is 34.9 Å². The van der Waals surface area contributed by atoms with Crippen molar-refractivity contribution in [2.45, 2.75) is 31.5 Å². The van der Waals surface area contributed by atoms with Crippen molar-refractivity contribution < 1.29 is 4.42 Å². The fourth-order valence-electron chi connectivity index (χ4n) is 1.76. The van der Waals surface area contributed by atoms with Gasteiger partial charge < -0.3 is 4.42 Å². The van der Waals surface area contributed by atoms with Gasteiger partial charge in [0, 0.05) is 24.7 Å². The number of pyridine rings is 1.